The molecule has 0 saturated heterocycles. The predicted octanol–water partition coefficient (Wildman–Crippen LogP) is 4.31. The fourth-order valence-corrected chi connectivity index (χ4v) is 2.14. The summed E-state index contributed by atoms with van der Waals surface area (Å²) in [6, 6.07) is 6.36. The maximum Gasteiger partial charge on any atom is 0.270 e. The summed E-state index contributed by atoms with van der Waals surface area (Å²) in [5.41, 5.74) is 0.737. The van der Waals surface area contributed by atoms with Gasteiger partial charge in [0.15, 0.2) is 0 Å². The van der Waals surface area contributed by atoms with Gasteiger partial charge < -0.3 is 4.74 Å². The van der Waals surface area contributed by atoms with Crippen LogP contribution in [-0.2, 0) is 4.74 Å². The third-order valence-electron chi connectivity index (χ3n) is 2.83. The minimum atomic E-state index is -0.413. The highest BCUT2D eigenvalue weighted by atomic mass is 79.9. The van der Waals surface area contributed by atoms with E-state index >= 15 is 0 Å². The van der Waals surface area contributed by atoms with Gasteiger partial charge >= 0.3 is 0 Å². The minimum absolute atomic E-state index is 0.0709. The molecule has 0 aliphatic heterocycles. The van der Waals surface area contributed by atoms with E-state index in [9.17, 15) is 10.1 Å². The molecule has 1 aromatic carbocycles. The molecule has 1 aromatic rings. The van der Waals surface area contributed by atoms with Gasteiger partial charge in [-0.05, 0) is 18.9 Å². The maximum atomic E-state index is 10.6. The Morgan fingerprint density at radius 3 is 2.76 bits per heavy atom. The number of nitro groups is 1. The zero-order valence-corrected chi connectivity index (χ0v) is 13.6. The minimum Gasteiger partial charge on any atom is -0.380 e. The average Bonchev–Trinajstić information content (AvgIpc) is 2.49. The van der Waals surface area contributed by atoms with Gasteiger partial charge in [0.1, 0.15) is 0 Å². The molecule has 0 atom stereocenters. The van der Waals surface area contributed by atoms with Crippen LogP contribution < -0.4 is 0 Å². The Morgan fingerprint density at radius 2 is 2.00 bits per heavy atom. The van der Waals surface area contributed by atoms with Crippen molar-refractivity contribution >= 4 is 21.6 Å². The van der Waals surface area contributed by atoms with E-state index in [1.165, 1.54) is 31.4 Å². The molecule has 0 radical (unpaired) electrons. The standard InChI is InChI=1S/C16H20BrNO3/c17-11-4-1-2-5-12-21-13-6-3-8-15-9-7-10-16(14-15)18(19)20/h7,9-10,14H,1-2,4-6,11-13H2. The summed E-state index contributed by atoms with van der Waals surface area (Å²) in [5, 5.41) is 11.7. The Kier molecular flexibility index (Phi) is 9.51. The van der Waals surface area contributed by atoms with Gasteiger partial charge in [-0.1, -0.05) is 46.7 Å². The zero-order valence-electron chi connectivity index (χ0n) is 12.0. The highest BCUT2D eigenvalue weighted by Gasteiger charge is 2.03. The van der Waals surface area contributed by atoms with Crippen LogP contribution in [0.3, 0.4) is 0 Å². The predicted molar refractivity (Wildman–Crippen MR) is 87.7 cm³/mol. The van der Waals surface area contributed by atoms with Gasteiger partial charge in [-0.3, -0.25) is 10.1 Å². The molecule has 5 heteroatoms. The summed E-state index contributed by atoms with van der Waals surface area (Å²) in [6.45, 7) is 1.39. The fraction of sp³-hybridized carbons (Fsp3) is 0.500. The highest BCUT2D eigenvalue weighted by molar-refractivity contribution is 9.09. The maximum absolute atomic E-state index is 10.6. The number of ether oxygens (including phenoxy) is 1. The van der Waals surface area contributed by atoms with Crippen molar-refractivity contribution in [3.8, 4) is 11.8 Å². The molecule has 114 valence electrons. The molecule has 0 fully saturated rings. The van der Waals surface area contributed by atoms with Gasteiger partial charge in [0.25, 0.3) is 5.69 Å². The van der Waals surface area contributed by atoms with Crippen molar-refractivity contribution in [3.05, 3.63) is 39.9 Å². The van der Waals surface area contributed by atoms with Crippen LogP contribution in [0.25, 0.3) is 0 Å². The first-order chi connectivity index (χ1) is 10.2. The lowest BCUT2D eigenvalue weighted by Gasteiger charge is -2.01. The van der Waals surface area contributed by atoms with Crippen LogP contribution in [0.5, 0.6) is 0 Å². The zero-order chi connectivity index (χ0) is 15.3. The first-order valence-electron chi connectivity index (χ1n) is 7.11. The normalized spacial score (nSPS) is 9.95. The smallest absolute Gasteiger partial charge is 0.270 e. The molecule has 0 unspecified atom stereocenters. The van der Waals surface area contributed by atoms with E-state index in [0.717, 1.165) is 18.4 Å². The molecule has 0 saturated carbocycles. The number of nitrogens with zero attached hydrogens (tertiary/aromatic N) is 1. The molecule has 4 nitrogen and oxygen atoms in total. The molecular formula is C16H20BrNO3. The van der Waals surface area contributed by atoms with Crippen LogP contribution in [-0.4, -0.2) is 23.5 Å². The SMILES string of the molecule is O=[N+]([O-])c1cccc(C#CCCOCCCCCCBr)c1. The van der Waals surface area contributed by atoms with E-state index < -0.39 is 4.92 Å². The van der Waals surface area contributed by atoms with Crippen molar-refractivity contribution in [1.82, 2.24) is 0 Å². The van der Waals surface area contributed by atoms with E-state index in [0.29, 0.717) is 18.6 Å². The van der Waals surface area contributed by atoms with Gasteiger partial charge in [0.2, 0.25) is 0 Å². The van der Waals surface area contributed by atoms with Crippen LogP contribution in [0.1, 0.15) is 37.7 Å². The molecule has 0 aliphatic rings. The van der Waals surface area contributed by atoms with E-state index in [2.05, 4.69) is 27.8 Å². The largest absolute Gasteiger partial charge is 0.380 e. The second-order valence-electron chi connectivity index (χ2n) is 4.57. The van der Waals surface area contributed by atoms with Crippen molar-refractivity contribution in [1.29, 1.82) is 0 Å². The van der Waals surface area contributed by atoms with Crippen LogP contribution >= 0.6 is 15.9 Å². The second-order valence-corrected chi connectivity index (χ2v) is 5.37. The number of nitro benzene ring substituents is 1. The molecule has 0 heterocycles. The summed E-state index contributed by atoms with van der Waals surface area (Å²) >= 11 is 3.41. The topological polar surface area (TPSA) is 52.4 Å². The van der Waals surface area contributed by atoms with Crippen LogP contribution in [0.2, 0.25) is 0 Å². The second kappa shape index (κ2) is 11.3. The first-order valence-corrected chi connectivity index (χ1v) is 8.23. The molecule has 21 heavy (non-hydrogen) atoms. The molecule has 0 spiro atoms. The molecule has 0 aliphatic carbocycles. The van der Waals surface area contributed by atoms with E-state index in [1.54, 1.807) is 12.1 Å². The number of non-ortho nitro benzene ring substituents is 1. The van der Waals surface area contributed by atoms with Crippen molar-refractivity contribution in [3.63, 3.8) is 0 Å². The number of hydrogen-bond acceptors (Lipinski definition) is 3. The third kappa shape index (κ3) is 8.49. The number of benzene rings is 1. The Hall–Kier alpha value is -1.38. The lowest BCUT2D eigenvalue weighted by Crippen LogP contribution is -1.96. The molecular weight excluding hydrogens is 334 g/mol. The van der Waals surface area contributed by atoms with Crippen LogP contribution in [0.15, 0.2) is 24.3 Å². The fourth-order valence-electron chi connectivity index (χ4n) is 1.74. The summed E-state index contributed by atoms with van der Waals surface area (Å²) in [6.07, 6.45) is 5.39. The van der Waals surface area contributed by atoms with Crippen LogP contribution in [0.4, 0.5) is 5.69 Å². The number of hydrogen-bond donors (Lipinski definition) is 0. The van der Waals surface area contributed by atoms with Gasteiger partial charge in [-0.15, -0.1) is 0 Å². The van der Waals surface area contributed by atoms with Crippen molar-refractivity contribution in [2.45, 2.75) is 32.1 Å². The number of alkyl halides is 1. The molecule has 0 amide bonds. The summed E-state index contributed by atoms with van der Waals surface area (Å²) < 4.78 is 5.49. The van der Waals surface area contributed by atoms with Crippen LogP contribution in [0, 0.1) is 22.0 Å². The Labute approximate surface area is 134 Å². The summed E-state index contributed by atoms with van der Waals surface area (Å²) in [4.78, 5) is 10.2. The summed E-state index contributed by atoms with van der Waals surface area (Å²) in [7, 11) is 0. The molecule has 0 aromatic heterocycles. The average molecular weight is 354 g/mol. The number of rotatable bonds is 9. The Morgan fingerprint density at radius 1 is 1.19 bits per heavy atom. The van der Waals surface area contributed by atoms with Crippen molar-refractivity contribution < 1.29 is 9.66 Å². The molecule has 0 bridgehead atoms. The number of halogens is 1. The van der Waals surface area contributed by atoms with E-state index in [4.69, 9.17) is 4.74 Å². The van der Waals surface area contributed by atoms with Gasteiger partial charge in [-0.2, -0.15) is 0 Å². The highest BCUT2D eigenvalue weighted by Crippen LogP contribution is 2.11. The number of unbranched alkanes of at least 4 members (excludes halogenated alkanes) is 3. The van der Waals surface area contributed by atoms with E-state index in [1.807, 2.05) is 0 Å². The third-order valence-corrected chi connectivity index (χ3v) is 3.39. The molecule has 1 rings (SSSR count). The lowest BCUT2D eigenvalue weighted by molar-refractivity contribution is -0.384. The van der Waals surface area contributed by atoms with Gasteiger partial charge in [-0.25, -0.2) is 0 Å². The lowest BCUT2D eigenvalue weighted by atomic mass is 10.2. The quantitative estimate of drug-likeness (QED) is 0.218. The van der Waals surface area contributed by atoms with Gasteiger partial charge in [0, 0.05) is 36.1 Å². The van der Waals surface area contributed by atoms with Crippen molar-refractivity contribution in [2.24, 2.45) is 0 Å². The van der Waals surface area contributed by atoms with E-state index in [-0.39, 0.29) is 5.69 Å². The first kappa shape index (κ1) is 17.7. The monoisotopic (exact) mass is 353 g/mol. The molecule has 0 N–H and O–H groups in total. The van der Waals surface area contributed by atoms with Crippen molar-refractivity contribution in [2.75, 3.05) is 18.5 Å². The Bertz CT molecular complexity index is 494. The summed E-state index contributed by atoms with van der Waals surface area (Å²) in [5.74, 6) is 5.89. The van der Waals surface area contributed by atoms with Gasteiger partial charge in [0.05, 0.1) is 11.5 Å². The Balaban J connectivity index is 2.16.